The zero-order chi connectivity index (χ0) is 18.9. The minimum absolute atomic E-state index is 0. The van der Waals surface area contributed by atoms with Crippen molar-refractivity contribution in [3.05, 3.63) is 0 Å². The third-order valence-corrected chi connectivity index (χ3v) is 7.59. The Balaban J connectivity index is 0.00000261. The lowest BCUT2D eigenvalue weighted by atomic mass is 9.57. The Labute approximate surface area is 181 Å². The van der Waals surface area contributed by atoms with Gasteiger partial charge in [-0.25, -0.2) is 12.7 Å². The molecule has 7 nitrogen and oxygen atoms in total. The molecule has 2 heterocycles. The van der Waals surface area contributed by atoms with Gasteiger partial charge in [-0.1, -0.05) is 13.8 Å². The van der Waals surface area contributed by atoms with Crippen molar-refractivity contribution in [3.63, 3.8) is 0 Å². The van der Waals surface area contributed by atoms with E-state index in [1.54, 1.807) is 4.31 Å². The lowest BCUT2D eigenvalue weighted by Crippen LogP contribution is -2.68. The van der Waals surface area contributed by atoms with E-state index in [1.165, 1.54) is 6.26 Å². The Bertz CT molecular complexity index is 633. The van der Waals surface area contributed by atoms with E-state index in [0.717, 1.165) is 44.9 Å². The lowest BCUT2D eigenvalue weighted by Gasteiger charge is -2.55. The number of aliphatic imine (C=N–C) groups is 1. The van der Waals surface area contributed by atoms with Crippen molar-refractivity contribution in [1.29, 1.82) is 0 Å². The quantitative estimate of drug-likeness (QED) is 0.331. The molecule has 27 heavy (non-hydrogen) atoms. The largest absolute Gasteiger partial charge is 0.377 e. The molecule has 0 aromatic carbocycles. The number of guanidine groups is 1. The second-order valence-corrected chi connectivity index (χ2v) is 10.5. The molecule has 1 aliphatic carbocycles. The predicted molar refractivity (Wildman–Crippen MR) is 119 cm³/mol. The standard InChI is InChI=1S/C18H34N4O3S.HI/c1-5-19-17(21-15-14-8-11-25-16(14)18(15,2)3)20-12-13-6-9-22(10-7-13)26(4,23)24;/h13-16H,5-12H2,1-4H3,(H2,19,20,21);1H. The first-order valence-corrected chi connectivity index (χ1v) is 11.7. The second kappa shape index (κ2) is 9.13. The number of rotatable bonds is 5. The van der Waals surface area contributed by atoms with Gasteiger partial charge in [-0.05, 0) is 32.1 Å². The Hall–Kier alpha value is -0.130. The molecule has 0 aromatic heterocycles. The highest BCUT2D eigenvalue weighted by Gasteiger charge is 2.59. The van der Waals surface area contributed by atoms with Crippen LogP contribution in [-0.2, 0) is 14.8 Å². The number of hydrogen-bond donors (Lipinski definition) is 2. The van der Waals surface area contributed by atoms with Crippen LogP contribution in [0.5, 0.6) is 0 Å². The van der Waals surface area contributed by atoms with Gasteiger partial charge in [0, 0.05) is 50.2 Å². The Kier molecular flexibility index (Phi) is 7.83. The van der Waals surface area contributed by atoms with E-state index in [-0.39, 0.29) is 29.4 Å². The van der Waals surface area contributed by atoms with E-state index >= 15 is 0 Å². The summed E-state index contributed by atoms with van der Waals surface area (Å²) in [5.41, 5.74) is 0.123. The smallest absolute Gasteiger partial charge is 0.211 e. The maximum Gasteiger partial charge on any atom is 0.211 e. The summed E-state index contributed by atoms with van der Waals surface area (Å²) in [6.07, 6.45) is 4.53. The molecule has 3 aliphatic rings. The molecule has 0 spiro atoms. The van der Waals surface area contributed by atoms with Gasteiger partial charge < -0.3 is 15.4 Å². The first-order valence-electron chi connectivity index (χ1n) is 9.85. The average molecular weight is 514 g/mol. The summed E-state index contributed by atoms with van der Waals surface area (Å²) in [5.74, 6) is 1.90. The van der Waals surface area contributed by atoms with Gasteiger partial charge in [0.05, 0.1) is 12.4 Å². The number of fused-ring (bicyclic) bond motifs is 1. The van der Waals surface area contributed by atoms with Gasteiger partial charge in [0.25, 0.3) is 0 Å². The number of nitrogens with one attached hydrogen (secondary N) is 2. The molecule has 2 N–H and O–H groups in total. The molecule has 0 amide bonds. The third-order valence-electron chi connectivity index (χ3n) is 6.29. The van der Waals surface area contributed by atoms with Crippen LogP contribution in [-0.4, -0.2) is 69.9 Å². The van der Waals surface area contributed by atoms with E-state index in [2.05, 4.69) is 31.4 Å². The highest BCUT2D eigenvalue weighted by Crippen LogP contribution is 2.52. The van der Waals surface area contributed by atoms with Gasteiger partial charge in [0.15, 0.2) is 5.96 Å². The van der Waals surface area contributed by atoms with Crippen LogP contribution in [0.2, 0.25) is 0 Å². The number of piperidine rings is 1. The number of halogens is 1. The molecule has 3 atom stereocenters. The van der Waals surface area contributed by atoms with Gasteiger partial charge in [0.1, 0.15) is 0 Å². The van der Waals surface area contributed by atoms with Crippen LogP contribution in [0.3, 0.4) is 0 Å². The highest BCUT2D eigenvalue weighted by molar-refractivity contribution is 14.0. The van der Waals surface area contributed by atoms with Crippen molar-refractivity contribution >= 4 is 40.0 Å². The molecule has 9 heteroatoms. The van der Waals surface area contributed by atoms with Gasteiger partial charge in [-0.2, -0.15) is 0 Å². The van der Waals surface area contributed by atoms with Crippen LogP contribution in [0.4, 0.5) is 0 Å². The molecule has 1 saturated carbocycles. The average Bonchev–Trinajstić information content (AvgIpc) is 3.04. The number of nitrogens with zero attached hydrogens (tertiary/aromatic N) is 2. The zero-order valence-electron chi connectivity index (χ0n) is 16.9. The van der Waals surface area contributed by atoms with Crippen molar-refractivity contribution in [2.24, 2.45) is 22.2 Å². The summed E-state index contributed by atoms with van der Waals surface area (Å²) in [7, 11) is -3.06. The van der Waals surface area contributed by atoms with E-state index in [0.29, 0.717) is 37.1 Å². The van der Waals surface area contributed by atoms with E-state index in [9.17, 15) is 8.42 Å². The van der Waals surface area contributed by atoms with Crippen molar-refractivity contribution in [3.8, 4) is 0 Å². The summed E-state index contributed by atoms with van der Waals surface area (Å²) >= 11 is 0. The van der Waals surface area contributed by atoms with Crippen LogP contribution in [0, 0.1) is 17.3 Å². The van der Waals surface area contributed by atoms with Crippen LogP contribution in [0.15, 0.2) is 4.99 Å². The summed E-state index contributed by atoms with van der Waals surface area (Å²) in [5, 5.41) is 7.01. The normalized spacial score (nSPS) is 31.6. The van der Waals surface area contributed by atoms with Crippen molar-refractivity contribution < 1.29 is 13.2 Å². The molecule has 2 saturated heterocycles. The molecule has 3 rings (SSSR count). The fourth-order valence-electron chi connectivity index (χ4n) is 4.73. The first kappa shape index (κ1) is 23.2. The van der Waals surface area contributed by atoms with Gasteiger partial charge in [0.2, 0.25) is 10.0 Å². The first-order chi connectivity index (χ1) is 12.2. The topological polar surface area (TPSA) is 83.0 Å². The molecule has 2 aliphatic heterocycles. The Morgan fingerprint density at radius 1 is 1.26 bits per heavy atom. The molecule has 0 bridgehead atoms. The van der Waals surface area contributed by atoms with E-state index in [4.69, 9.17) is 9.73 Å². The molecule has 3 unspecified atom stereocenters. The maximum atomic E-state index is 11.6. The van der Waals surface area contributed by atoms with E-state index in [1.807, 2.05) is 0 Å². The number of hydrogen-bond acceptors (Lipinski definition) is 4. The fraction of sp³-hybridized carbons (Fsp3) is 0.944. The minimum atomic E-state index is -3.06. The maximum absolute atomic E-state index is 11.6. The van der Waals surface area contributed by atoms with Gasteiger partial charge >= 0.3 is 0 Å². The SMILES string of the molecule is CCNC(=NCC1CCN(S(C)(=O)=O)CC1)NC1C2CCOC2C1(C)C.I. The Morgan fingerprint density at radius 2 is 1.93 bits per heavy atom. The molecule has 3 fully saturated rings. The van der Waals surface area contributed by atoms with Crippen LogP contribution < -0.4 is 10.6 Å². The summed E-state index contributed by atoms with van der Waals surface area (Å²) < 4.78 is 30.7. The summed E-state index contributed by atoms with van der Waals surface area (Å²) in [4.78, 5) is 4.81. The predicted octanol–water partition coefficient (Wildman–Crippen LogP) is 1.64. The summed E-state index contributed by atoms with van der Waals surface area (Å²) in [6, 6.07) is 0.389. The van der Waals surface area contributed by atoms with E-state index < -0.39 is 10.0 Å². The van der Waals surface area contributed by atoms with Crippen LogP contribution >= 0.6 is 24.0 Å². The zero-order valence-corrected chi connectivity index (χ0v) is 20.0. The third kappa shape index (κ3) is 5.08. The second-order valence-electron chi connectivity index (χ2n) is 8.51. The number of sulfonamides is 1. The number of ether oxygens (including phenoxy) is 1. The fourth-order valence-corrected chi connectivity index (χ4v) is 5.60. The summed E-state index contributed by atoms with van der Waals surface area (Å²) in [6.45, 7) is 10.3. The van der Waals surface area contributed by atoms with Crippen molar-refractivity contribution in [2.75, 3.05) is 39.0 Å². The lowest BCUT2D eigenvalue weighted by molar-refractivity contribution is -0.106. The van der Waals surface area contributed by atoms with Gasteiger partial charge in [-0.15, -0.1) is 24.0 Å². The van der Waals surface area contributed by atoms with Crippen molar-refractivity contribution in [2.45, 2.75) is 52.2 Å². The van der Waals surface area contributed by atoms with Crippen LogP contribution in [0.1, 0.15) is 40.0 Å². The molecule has 0 aromatic rings. The van der Waals surface area contributed by atoms with Crippen LogP contribution in [0.25, 0.3) is 0 Å². The monoisotopic (exact) mass is 514 g/mol. The van der Waals surface area contributed by atoms with Crippen molar-refractivity contribution in [1.82, 2.24) is 14.9 Å². The molecule has 0 radical (unpaired) electrons. The van der Waals surface area contributed by atoms with Gasteiger partial charge in [-0.3, -0.25) is 4.99 Å². The molecular formula is C18H35IN4O3S. The minimum Gasteiger partial charge on any atom is -0.377 e. The molecule has 158 valence electrons. The Morgan fingerprint density at radius 3 is 2.52 bits per heavy atom. The molecular weight excluding hydrogens is 479 g/mol. The highest BCUT2D eigenvalue weighted by atomic mass is 127.